The van der Waals surface area contributed by atoms with Crippen molar-refractivity contribution in [2.24, 2.45) is 5.92 Å². The first kappa shape index (κ1) is 25.8. The molecule has 0 spiro atoms. The second kappa shape index (κ2) is 12.1. The number of nitrogens with one attached hydrogen (secondary N) is 2. The van der Waals surface area contributed by atoms with Gasteiger partial charge in [0, 0.05) is 30.4 Å². The van der Waals surface area contributed by atoms with Crippen molar-refractivity contribution in [1.29, 1.82) is 0 Å². The SMILES string of the molecule is Nc1cc(C(=O)NCC2CCN(Cc3cnc(-c4ccccn4)s3)CC2)nc(NC(CO)CO)c1N. The van der Waals surface area contributed by atoms with E-state index < -0.39 is 6.04 Å². The Labute approximate surface area is 213 Å². The number of piperidine rings is 1. The maximum atomic E-state index is 12.7. The summed E-state index contributed by atoms with van der Waals surface area (Å²) in [6, 6.07) is 6.60. The molecule has 8 N–H and O–H groups in total. The van der Waals surface area contributed by atoms with Gasteiger partial charge in [0.15, 0.2) is 5.82 Å². The molecule has 0 saturated carbocycles. The summed E-state index contributed by atoms with van der Waals surface area (Å²) in [4.78, 5) is 29.5. The van der Waals surface area contributed by atoms with Crippen LogP contribution >= 0.6 is 11.3 Å². The minimum absolute atomic E-state index is 0.130. The van der Waals surface area contributed by atoms with Gasteiger partial charge in [-0.2, -0.15) is 0 Å². The van der Waals surface area contributed by atoms with E-state index >= 15 is 0 Å². The van der Waals surface area contributed by atoms with Gasteiger partial charge in [0.2, 0.25) is 0 Å². The molecule has 11 nitrogen and oxygen atoms in total. The second-order valence-corrected chi connectivity index (χ2v) is 9.96. The molecular formula is C24H32N8O3S. The van der Waals surface area contributed by atoms with Crippen molar-refractivity contribution in [3.8, 4) is 10.7 Å². The van der Waals surface area contributed by atoms with Crippen molar-refractivity contribution >= 4 is 34.4 Å². The van der Waals surface area contributed by atoms with Crippen LogP contribution in [0.1, 0.15) is 28.2 Å². The van der Waals surface area contributed by atoms with Crippen molar-refractivity contribution in [3.63, 3.8) is 0 Å². The average Bonchev–Trinajstić information content (AvgIpc) is 3.38. The summed E-state index contributed by atoms with van der Waals surface area (Å²) in [6.45, 7) is 2.66. The highest BCUT2D eigenvalue weighted by Gasteiger charge is 2.22. The summed E-state index contributed by atoms with van der Waals surface area (Å²) in [7, 11) is 0. The Bertz CT molecular complexity index is 1150. The maximum Gasteiger partial charge on any atom is 0.270 e. The van der Waals surface area contributed by atoms with Crippen LogP contribution in [0.4, 0.5) is 17.2 Å². The lowest BCUT2D eigenvalue weighted by atomic mass is 9.96. The molecule has 1 aliphatic rings. The van der Waals surface area contributed by atoms with Crippen molar-refractivity contribution < 1.29 is 15.0 Å². The molecule has 0 bridgehead atoms. The van der Waals surface area contributed by atoms with Crippen LogP contribution in [0.5, 0.6) is 0 Å². The molecule has 4 heterocycles. The number of rotatable bonds is 10. The third kappa shape index (κ3) is 6.46. The summed E-state index contributed by atoms with van der Waals surface area (Å²) < 4.78 is 0. The molecule has 3 aromatic heterocycles. The summed E-state index contributed by atoms with van der Waals surface area (Å²) in [6.07, 6.45) is 5.66. The molecule has 0 radical (unpaired) electrons. The number of aromatic nitrogens is 3. The Morgan fingerprint density at radius 2 is 1.97 bits per heavy atom. The van der Waals surface area contributed by atoms with Crippen LogP contribution in [0.25, 0.3) is 10.7 Å². The van der Waals surface area contributed by atoms with Crippen LogP contribution in [0, 0.1) is 5.92 Å². The summed E-state index contributed by atoms with van der Waals surface area (Å²) >= 11 is 1.67. The monoisotopic (exact) mass is 512 g/mol. The van der Waals surface area contributed by atoms with Gasteiger partial charge in [0.25, 0.3) is 5.91 Å². The fourth-order valence-electron chi connectivity index (χ4n) is 4.03. The Morgan fingerprint density at radius 1 is 1.19 bits per heavy atom. The van der Waals surface area contributed by atoms with Gasteiger partial charge in [-0.05, 0) is 50.0 Å². The van der Waals surface area contributed by atoms with Crippen molar-refractivity contribution in [3.05, 3.63) is 47.2 Å². The van der Waals surface area contributed by atoms with Crippen LogP contribution in [-0.2, 0) is 6.54 Å². The number of aliphatic hydroxyl groups is 2. The number of hydrogen-bond donors (Lipinski definition) is 6. The van der Waals surface area contributed by atoms with E-state index in [4.69, 9.17) is 11.5 Å². The van der Waals surface area contributed by atoms with Gasteiger partial charge >= 0.3 is 0 Å². The van der Waals surface area contributed by atoms with E-state index in [0.717, 1.165) is 43.2 Å². The van der Waals surface area contributed by atoms with Gasteiger partial charge < -0.3 is 32.3 Å². The lowest BCUT2D eigenvalue weighted by Crippen LogP contribution is -2.38. The number of nitrogens with two attached hydrogens (primary N) is 2. The number of nitrogens with zero attached hydrogens (tertiary/aromatic N) is 4. The molecule has 1 amide bonds. The summed E-state index contributed by atoms with van der Waals surface area (Å²) in [5.41, 5.74) is 13.3. The maximum absolute atomic E-state index is 12.7. The van der Waals surface area contributed by atoms with Crippen LogP contribution in [-0.4, -0.2) is 74.9 Å². The van der Waals surface area contributed by atoms with E-state index in [1.54, 1.807) is 17.5 Å². The smallest absolute Gasteiger partial charge is 0.270 e. The first-order valence-corrected chi connectivity index (χ1v) is 12.7. The molecule has 0 aliphatic carbocycles. The fourth-order valence-corrected chi connectivity index (χ4v) is 4.96. The van der Waals surface area contributed by atoms with Gasteiger partial charge in [-0.1, -0.05) is 6.07 Å². The lowest BCUT2D eigenvalue weighted by molar-refractivity contribution is 0.0930. The van der Waals surface area contributed by atoms with E-state index in [2.05, 4.69) is 30.5 Å². The van der Waals surface area contributed by atoms with Gasteiger partial charge in [-0.25, -0.2) is 9.97 Å². The molecule has 3 aromatic rings. The molecule has 0 atom stereocenters. The first-order chi connectivity index (χ1) is 17.5. The minimum atomic E-state index is -0.658. The van der Waals surface area contributed by atoms with Gasteiger partial charge in [0.1, 0.15) is 10.7 Å². The van der Waals surface area contributed by atoms with E-state index in [-0.39, 0.29) is 42.0 Å². The van der Waals surface area contributed by atoms with Crippen LogP contribution < -0.4 is 22.1 Å². The highest BCUT2D eigenvalue weighted by Crippen LogP contribution is 2.27. The van der Waals surface area contributed by atoms with Gasteiger partial charge in [0.05, 0.1) is 36.3 Å². The zero-order valence-corrected chi connectivity index (χ0v) is 20.7. The fraction of sp³-hybridized carbons (Fsp3) is 0.417. The number of nitrogen functional groups attached to an aromatic ring is 2. The predicted octanol–water partition coefficient (Wildman–Crippen LogP) is 1.17. The van der Waals surface area contributed by atoms with Gasteiger partial charge in [-0.3, -0.25) is 14.7 Å². The number of carbonyl (C=O) groups is 1. The molecule has 1 fully saturated rings. The minimum Gasteiger partial charge on any atom is -0.397 e. The Morgan fingerprint density at radius 3 is 2.67 bits per heavy atom. The molecule has 4 rings (SSSR count). The number of likely N-dealkylation sites (tertiary alicyclic amines) is 1. The third-order valence-electron chi connectivity index (χ3n) is 6.18. The summed E-state index contributed by atoms with van der Waals surface area (Å²) in [5, 5.41) is 25.3. The third-order valence-corrected chi connectivity index (χ3v) is 7.18. The molecule has 36 heavy (non-hydrogen) atoms. The Balaban J connectivity index is 1.26. The zero-order chi connectivity index (χ0) is 25.5. The molecule has 1 saturated heterocycles. The normalized spacial score (nSPS) is 14.8. The molecule has 192 valence electrons. The lowest BCUT2D eigenvalue weighted by Gasteiger charge is -2.31. The van der Waals surface area contributed by atoms with E-state index in [1.165, 1.54) is 10.9 Å². The van der Waals surface area contributed by atoms with E-state index in [9.17, 15) is 15.0 Å². The number of anilines is 3. The first-order valence-electron chi connectivity index (χ1n) is 11.9. The number of aliphatic hydroxyl groups excluding tert-OH is 2. The highest BCUT2D eigenvalue weighted by molar-refractivity contribution is 7.14. The quantitative estimate of drug-likeness (QED) is 0.231. The van der Waals surface area contributed by atoms with Crippen molar-refractivity contribution in [1.82, 2.24) is 25.2 Å². The number of amides is 1. The van der Waals surface area contributed by atoms with E-state index in [1.807, 2.05) is 24.4 Å². The van der Waals surface area contributed by atoms with Crippen LogP contribution in [0.2, 0.25) is 0 Å². The Kier molecular flexibility index (Phi) is 8.65. The number of carbonyl (C=O) groups excluding carboxylic acids is 1. The summed E-state index contributed by atoms with van der Waals surface area (Å²) in [5.74, 6) is 0.187. The largest absolute Gasteiger partial charge is 0.397 e. The average molecular weight is 513 g/mol. The Hall–Kier alpha value is -3.32. The molecule has 12 heteroatoms. The van der Waals surface area contributed by atoms with Crippen molar-refractivity contribution in [2.45, 2.75) is 25.4 Å². The molecule has 0 unspecified atom stereocenters. The molecule has 0 aromatic carbocycles. The predicted molar refractivity (Wildman–Crippen MR) is 140 cm³/mol. The highest BCUT2D eigenvalue weighted by atomic mass is 32.1. The topological polar surface area (TPSA) is 176 Å². The number of thiazole rings is 1. The molecule has 1 aliphatic heterocycles. The van der Waals surface area contributed by atoms with Crippen LogP contribution in [0.15, 0.2) is 36.7 Å². The standard InChI is InChI=1S/C24H32N8O3S/c25-18-9-20(31-22(21(18)26)30-16(13-33)14-34)23(35)28-10-15-4-7-32(8-5-15)12-17-11-29-24(36-17)19-3-1-2-6-27-19/h1-3,6,9,11,15-16,33-34H,4-5,7-8,10,12-14,26H2,(H,28,35)(H3,25,30,31). The molecular weight excluding hydrogens is 480 g/mol. The number of hydrogen-bond acceptors (Lipinski definition) is 11. The van der Waals surface area contributed by atoms with Gasteiger partial charge in [-0.15, -0.1) is 11.3 Å². The van der Waals surface area contributed by atoms with Crippen LogP contribution in [0.3, 0.4) is 0 Å². The number of pyridine rings is 2. The van der Waals surface area contributed by atoms with Crippen molar-refractivity contribution in [2.75, 3.05) is 49.6 Å². The second-order valence-electron chi connectivity index (χ2n) is 8.84. The van der Waals surface area contributed by atoms with E-state index in [0.29, 0.717) is 12.5 Å². The zero-order valence-electron chi connectivity index (χ0n) is 19.9.